The van der Waals surface area contributed by atoms with Crippen molar-refractivity contribution in [2.45, 2.75) is 13.8 Å². The molecule has 0 aliphatic rings. The molecule has 0 aliphatic heterocycles. The average Bonchev–Trinajstić information content (AvgIpc) is 3.32. The molecule has 0 amide bonds. The summed E-state index contributed by atoms with van der Waals surface area (Å²) >= 11 is 0. The number of aryl methyl sites for hydroxylation is 2. The van der Waals surface area contributed by atoms with Crippen LogP contribution < -0.4 is 0 Å². The van der Waals surface area contributed by atoms with E-state index < -0.39 is 0 Å². The fourth-order valence-corrected chi connectivity index (χ4v) is 4.59. The number of hydrogen-bond acceptors (Lipinski definition) is 4. The van der Waals surface area contributed by atoms with Crippen LogP contribution in [0.1, 0.15) is 11.1 Å². The van der Waals surface area contributed by atoms with Crippen LogP contribution in [0.4, 0.5) is 0 Å². The SMILES string of the molecule is Cc1cc(-c2ccc(-c3ccc4occc4c3)cc2)cc(C)c1-c1nncc2cccnc12. The third kappa shape index (κ3) is 3.37. The molecule has 4 nitrogen and oxygen atoms in total. The second kappa shape index (κ2) is 7.68. The smallest absolute Gasteiger partial charge is 0.133 e. The topological polar surface area (TPSA) is 51.8 Å². The summed E-state index contributed by atoms with van der Waals surface area (Å²) in [5.41, 5.74) is 10.8. The summed E-state index contributed by atoms with van der Waals surface area (Å²) < 4.78 is 5.46. The molecule has 0 fully saturated rings. The van der Waals surface area contributed by atoms with Gasteiger partial charge < -0.3 is 4.42 Å². The van der Waals surface area contributed by atoms with Gasteiger partial charge in [0.2, 0.25) is 0 Å². The van der Waals surface area contributed by atoms with E-state index in [4.69, 9.17) is 4.42 Å². The van der Waals surface area contributed by atoms with E-state index in [-0.39, 0.29) is 0 Å². The van der Waals surface area contributed by atoms with Gasteiger partial charge in [0.15, 0.2) is 0 Å². The molecule has 6 rings (SSSR count). The Balaban J connectivity index is 1.38. The molecule has 0 N–H and O–H groups in total. The highest BCUT2D eigenvalue weighted by Crippen LogP contribution is 2.34. The van der Waals surface area contributed by atoms with E-state index in [0.29, 0.717) is 0 Å². The second-order valence-electron chi connectivity index (χ2n) is 8.37. The van der Waals surface area contributed by atoms with E-state index in [0.717, 1.165) is 44.3 Å². The Hall–Kier alpha value is -4.31. The van der Waals surface area contributed by atoms with E-state index >= 15 is 0 Å². The third-order valence-corrected chi connectivity index (χ3v) is 6.19. The van der Waals surface area contributed by atoms with Crippen molar-refractivity contribution in [2.24, 2.45) is 0 Å². The van der Waals surface area contributed by atoms with Crippen LogP contribution in [0.5, 0.6) is 0 Å². The average molecular weight is 428 g/mol. The van der Waals surface area contributed by atoms with Gasteiger partial charge in [-0.3, -0.25) is 4.98 Å². The highest BCUT2D eigenvalue weighted by Gasteiger charge is 2.14. The molecule has 3 heterocycles. The predicted octanol–water partition coefficient (Wildman–Crippen LogP) is 7.39. The Morgan fingerprint density at radius 2 is 1.42 bits per heavy atom. The molecule has 0 radical (unpaired) electrons. The molecule has 3 aromatic carbocycles. The van der Waals surface area contributed by atoms with E-state index in [1.165, 1.54) is 22.3 Å². The van der Waals surface area contributed by atoms with Crippen molar-refractivity contribution in [3.05, 3.63) is 103 Å². The highest BCUT2D eigenvalue weighted by atomic mass is 16.3. The Kier molecular flexibility index (Phi) is 4.51. The standard InChI is InChI=1S/C29H21N3O/c1-18-14-25(15-19(2)27(18)29-28-24(17-31-32-29)4-3-12-30-28)21-7-5-20(6-8-21)22-9-10-26-23(16-22)11-13-33-26/h3-17H,1-2H3. The molecule has 33 heavy (non-hydrogen) atoms. The lowest BCUT2D eigenvalue weighted by atomic mass is 9.92. The Bertz CT molecular complexity index is 1600. The van der Waals surface area contributed by atoms with Crippen LogP contribution >= 0.6 is 0 Å². The number of rotatable bonds is 3. The fraction of sp³-hybridized carbons (Fsp3) is 0.0690. The normalized spacial score (nSPS) is 11.3. The molecule has 158 valence electrons. The van der Waals surface area contributed by atoms with Crippen molar-refractivity contribution in [3.63, 3.8) is 0 Å². The van der Waals surface area contributed by atoms with E-state index in [2.05, 4.69) is 77.6 Å². The molecule has 0 spiro atoms. The molecule has 0 saturated carbocycles. The minimum atomic E-state index is 0.833. The van der Waals surface area contributed by atoms with Crippen molar-refractivity contribution in [1.29, 1.82) is 0 Å². The Morgan fingerprint density at radius 1 is 0.697 bits per heavy atom. The summed E-state index contributed by atoms with van der Waals surface area (Å²) in [5, 5.41) is 10.8. The van der Waals surface area contributed by atoms with Gasteiger partial charge in [-0.15, -0.1) is 5.10 Å². The van der Waals surface area contributed by atoms with Gasteiger partial charge in [-0.1, -0.05) is 42.5 Å². The fourth-order valence-electron chi connectivity index (χ4n) is 4.59. The zero-order chi connectivity index (χ0) is 22.4. The number of nitrogens with zero attached hydrogens (tertiary/aromatic N) is 3. The molecule has 4 heteroatoms. The molecule has 3 aromatic heterocycles. The maximum atomic E-state index is 5.46. The number of pyridine rings is 1. The van der Waals surface area contributed by atoms with Crippen LogP contribution in [0.25, 0.3) is 55.4 Å². The molecule has 0 bridgehead atoms. The third-order valence-electron chi connectivity index (χ3n) is 6.19. The van der Waals surface area contributed by atoms with Gasteiger partial charge in [0.1, 0.15) is 11.3 Å². The van der Waals surface area contributed by atoms with Gasteiger partial charge in [-0.25, -0.2) is 0 Å². The summed E-state index contributed by atoms with van der Waals surface area (Å²) in [6.45, 7) is 4.26. The second-order valence-corrected chi connectivity index (χ2v) is 8.37. The largest absolute Gasteiger partial charge is 0.464 e. The molecular formula is C29H21N3O. The lowest BCUT2D eigenvalue weighted by Crippen LogP contribution is -1.97. The van der Waals surface area contributed by atoms with Crippen molar-refractivity contribution in [3.8, 4) is 33.5 Å². The summed E-state index contributed by atoms with van der Waals surface area (Å²) in [4.78, 5) is 4.57. The zero-order valence-corrected chi connectivity index (χ0v) is 18.4. The number of benzene rings is 3. The first kappa shape index (κ1) is 19.4. The van der Waals surface area contributed by atoms with Crippen molar-refractivity contribution >= 4 is 21.9 Å². The van der Waals surface area contributed by atoms with E-state index in [1.54, 1.807) is 18.7 Å². The van der Waals surface area contributed by atoms with Gasteiger partial charge in [0.25, 0.3) is 0 Å². The van der Waals surface area contributed by atoms with Crippen molar-refractivity contribution < 1.29 is 4.42 Å². The van der Waals surface area contributed by atoms with Gasteiger partial charge in [-0.2, -0.15) is 5.10 Å². The van der Waals surface area contributed by atoms with Crippen LogP contribution in [0, 0.1) is 13.8 Å². The predicted molar refractivity (Wildman–Crippen MR) is 133 cm³/mol. The monoisotopic (exact) mass is 427 g/mol. The lowest BCUT2D eigenvalue weighted by molar-refractivity contribution is 0.616. The molecule has 0 saturated heterocycles. The lowest BCUT2D eigenvalue weighted by Gasteiger charge is -2.14. The molecular weight excluding hydrogens is 406 g/mol. The van der Waals surface area contributed by atoms with Crippen molar-refractivity contribution in [1.82, 2.24) is 15.2 Å². The van der Waals surface area contributed by atoms with Gasteiger partial charge in [-0.05, 0) is 77.6 Å². The number of aromatic nitrogens is 3. The molecule has 0 unspecified atom stereocenters. The molecule has 0 atom stereocenters. The summed E-state index contributed by atoms with van der Waals surface area (Å²) in [6.07, 6.45) is 5.29. The van der Waals surface area contributed by atoms with Gasteiger partial charge in [0, 0.05) is 22.5 Å². The Morgan fingerprint density at radius 3 is 2.21 bits per heavy atom. The minimum absolute atomic E-state index is 0.833. The van der Waals surface area contributed by atoms with Crippen LogP contribution in [-0.2, 0) is 0 Å². The summed E-state index contributed by atoms with van der Waals surface area (Å²) in [5.74, 6) is 0. The number of furan rings is 1. The summed E-state index contributed by atoms with van der Waals surface area (Å²) in [6, 6.07) is 25.4. The highest BCUT2D eigenvalue weighted by molar-refractivity contribution is 5.92. The van der Waals surface area contributed by atoms with Crippen LogP contribution in [0.3, 0.4) is 0 Å². The maximum Gasteiger partial charge on any atom is 0.133 e. The number of fused-ring (bicyclic) bond motifs is 2. The van der Waals surface area contributed by atoms with Crippen LogP contribution in [0.15, 0.2) is 95.9 Å². The first-order valence-corrected chi connectivity index (χ1v) is 10.9. The maximum absolute atomic E-state index is 5.46. The van der Waals surface area contributed by atoms with E-state index in [1.807, 2.05) is 24.3 Å². The van der Waals surface area contributed by atoms with Crippen molar-refractivity contribution in [2.75, 3.05) is 0 Å². The van der Waals surface area contributed by atoms with Crippen LogP contribution in [0.2, 0.25) is 0 Å². The van der Waals surface area contributed by atoms with Crippen LogP contribution in [-0.4, -0.2) is 15.2 Å². The first-order valence-electron chi connectivity index (χ1n) is 10.9. The molecule has 6 aromatic rings. The van der Waals surface area contributed by atoms with Gasteiger partial charge in [0.05, 0.1) is 18.0 Å². The zero-order valence-electron chi connectivity index (χ0n) is 18.4. The quantitative estimate of drug-likeness (QED) is 0.295. The summed E-state index contributed by atoms with van der Waals surface area (Å²) in [7, 11) is 0. The Labute approximate surface area is 191 Å². The minimum Gasteiger partial charge on any atom is -0.464 e. The molecule has 0 aliphatic carbocycles. The van der Waals surface area contributed by atoms with E-state index in [9.17, 15) is 0 Å². The number of hydrogen-bond donors (Lipinski definition) is 0. The first-order chi connectivity index (χ1) is 16.2. The van der Waals surface area contributed by atoms with Gasteiger partial charge >= 0.3 is 0 Å².